The SMILES string of the molecule is NN=CNC(=O)c1cc2cccc3c2n1CCCC3=O. The maximum atomic E-state index is 12.1. The van der Waals surface area contributed by atoms with Gasteiger partial charge in [0.25, 0.3) is 5.91 Å². The van der Waals surface area contributed by atoms with Gasteiger partial charge in [-0.3, -0.25) is 9.59 Å². The number of nitrogens with two attached hydrogens (primary N) is 1. The molecule has 1 aromatic heterocycles. The van der Waals surface area contributed by atoms with Crippen molar-refractivity contribution in [3.8, 4) is 0 Å². The maximum Gasteiger partial charge on any atom is 0.273 e. The number of ketones is 1. The number of nitrogens with zero attached hydrogens (tertiary/aromatic N) is 2. The topological polar surface area (TPSA) is 89.5 Å². The number of carbonyl (C=O) groups is 2. The number of benzene rings is 1. The predicted octanol–water partition coefficient (Wildman–Crippen LogP) is 1.25. The third-order valence-corrected chi connectivity index (χ3v) is 3.51. The van der Waals surface area contributed by atoms with Gasteiger partial charge in [-0.25, -0.2) is 0 Å². The first-order valence-corrected chi connectivity index (χ1v) is 6.40. The van der Waals surface area contributed by atoms with Crippen LogP contribution in [-0.4, -0.2) is 22.6 Å². The van der Waals surface area contributed by atoms with Crippen LogP contribution in [0.5, 0.6) is 0 Å². The van der Waals surface area contributed by atoms with Gasteiger partial charge < -0.3 is 15.7 Å². The molecule has 0 spiro atoms. The van der Waals surface area contributed by atoms with Crippen molar-refractivity contribution in [2.24, 2.45) is 10.9 Å². The predicted molar refractivity (Wildman–Crippen MR) is 75.6 cm³/mol. The van der Waals surface area contributed by atoms with Gasteiger partial charge in [-0.2, -0.15) is 5.10 Å². The molecule has 0 unspecified atom stereocenters. The highest BCUT2D eigenvalue weighted by molar-refractivity contribution is 6.10. The van der Waals surface area contributed by atoms with Gasteiger partial charge in [0, 0.05) is 23.9 Å². The van der Waals surface area contributed by atoms with E-state index >= 15 is 0 Å². The lowest BCUT2D eigenvalue weighted by Gasteiger charge is -2.07. The first-order chi connectivity index (χ1) is 9.72. The highest BCUT2D eigenvalue weighted by atomic mass is 16.2. The molecule has 1 aliphatic rings. The second-order valence-corrected chi connectivity index (χ2v) is 4.70. The first-order valence-electron chi connectivity index (χ1n) is 6.40. The number of hydrogen-bond donors (Lipinski definition) is 2. The molecule has 0 atom stereocenters. The Morgan fingerprint density at radius 1 is 1.45 bits per heavy atom. The minimum absolute atomic E-state index is 0.128. The molecule has 20 heavy (non-hydrogen) atoms. The monoisotopic (exact) mass is 270 g/mol. The van der Waals surface area contributed by atoms with Crippen molar-refractivity contribution in [3.05, 3.63) is 35.5 Å². The van der Waals surface area contributed by atoms with Crippen LogP contribution in [0.4, 0.5) is 0 Å². The van der Waals surface area contributed by atoms with Crippen LogP contribution in [-0.2, 0) is 6.54 Å². The van der Waals surface area contributed by atoms with E-state index in [9.17, 15) is 9.59 Å². The van der Waals surface area contributed by atoms with Gasteiger partial charge in [-0.05, 0) is 18.6 Å². The fourth-order valence-corrected chi connectivity index (χ4v) is 2.67. The van der Waals surface area contributed by atoms with Crippen LogP contribution >= 0.6 is 0 Å². The number of aryl methyl sites for hydroxylation is 1. The Morgan fingerprint density at radius 3 is 3.10 bits per heavy atom. The molecule has 3 N–H and O–H groups in total. The lowest BCUT2D eigenvalue weighted by atomic mass is 10.1. The van der Waals surface area contributed by atoms with Gasteiger partial charge in [0.2, 0.25) is 0 Å². The molecule has 0 saturated heterocycles. The number of para-hydroxylation sites is 1. The van der Waals surface area contributed by atoms with Crippen LogP contribution < -0.4 is 11.2 Å². The second-order valence-electron chi connectivity index (χ2n) is 4.70. The lowest BCUT2D eigenvalue weighted by Crippen LogP contribution is -2.25. The van der Waals surface area contributed by atoms with E-state index in [1.807, 2.05) is 22.8 Å². The molecule has 0 radical (unpaired) electrons. The molecule has 1 aromatic carbocycles. The molecule has 6 nitrogen and oxygen atoms in total. The highest BCUT2D eigenvalue weighted by Gasteiger charge is 2.22. The average Bonchev–Trinajstić information content (AvgIpc) is 2.74. The third-order valence-electron chi connectivity index (χ3n) is 3.51. The first kappa shape index (κ1) is 12.4. The Morgan fingerprint density at radius 2 is 2.30 bits per heavy atom. The molecule has 1 amide bonds. The van der Waals surface area contributed by atoms with Crippen LogP contribution in [0.1, 0.15) is 33.7 Å². The Kier molecular flexibility index (Phi) is 2.98. The fraction of sp³-hybridized carbons (Fsp3) is 0.214. The summed E-state index contributed by atoms with van der Waals surface area (Å²) in [4.78, 5) is 24.2. The van der Waals surface area contributed by atoms with Crippen LogP contribution in [0.25, 0.3) is 10.9 Å². The highest BCUT2D eigenvalue weighted by Crippen LogP contribution is 2.28. The summed E-state index contributed by atoms with van der Waals surface area (Å²) in [5, 5.41) is 6.65. The normalized spacial score (nSPS) is 14.7. The van der Waals surface area contributed by atoms with Crippen molar-refractivity contribution in [2.45, 2.75) is 19.4 Å². The van der Waals surface area contributed by atoms with Crippen molar-refractivity contribution in [1.82, 2.24) is 9.88 Å². The molecular weight excluding hydrogens is 256 g/mol. The molecule has 2 aromatic rings. The number of rotatable bonds is 2. The van der Waals surface area contributed by atoms with Gasteiger partial charge in [-0.15, -0.1) is 0 Å². The molecule has 2 heterocycles. The van der Waals surface area contributed by atoms with E-state index in [-0.39, 0.29) is 11.7 Å². The van der Waals surface area contributed by atoms with E-state index < -0.39 is 0 Å². The van der Waals surface area contributed by atoms with E-state index in [0.29, 0.717) is 24.2 Å². The Hall–Kier alpha value is -2.63. The van der Waals surface area contributed by atoms with Crippen molar-refractivity contribution in [2.75, 3.05) is 0 Å². The van der Waals surface area contributed by atoms with Crippen LogP contribution in [0.2, 0.25) is 0 Å². The number of nitrogens with one attached hydrogen (secondary N) is 1. The number of carbonyl (C=O) groups excluding carboxylic acids is 2. The Bertz CT molecular complexity index is 730. The number of hydrogen-bond acceptors (Lipinski definition) is 4. The smallest absolute Gasteiger partial charge is 0.273 e. The molecule has 0 bridgehead atoms. The second kappa shape index (κ2) is 4.80. The van der Waals surface area contributed by atoms with Crippen LogP contribution in [0.3, 0.4) is 0 Å². The minimum atomic E-state index is -0.282. The third kappa shape index (κ3) is 1.85. The number of amides is 1. The van der Waals surface area contributed by atoms with E-state index in [1.54, 1.807) is 6.07 Å². The molecular formula is C14H14N4O2. The summed E-state index contributed by atoms with van der Waals surface area (Å²) >= 11 is 0. The van der Waals surface area contributed by atoms with Gasteiger partial charge in [0.1, 0.15) is 12.0 Å². The summed E-state index contributed by atoms with van der Waals surface area (Å²) in [6.45, 7) is 0.648. The fourth-order valence-electron chi connectivity index (χ4n) is 2.67. The van der Waals surface area contributed by atoms with Gasteiger partial charge in [-0.1, -0.05) is 12.1 Å². The number of aromatic nitrogens is 1. The van der Waals surface area contributed by atoms with Crippen molar-refractivity contribution < 1.29 is 9.59 Å². The van der Waals surface area contributed by atoms with Crippen LogP contribution in [0.15, 0.2) is 29.4 Å². The van der Waals surface area contributed by atoms with E-state index in [2.05, 4.69) is 10.4 Å². The zero-order chi connectivity index (χ0) is 14.1. The molecule has 0 aliphatic carbocycles. The molecule has 0 fully saturated rings. The van der Waals surface area contributed by atoms with E-state index in [4.69, 9.17) is 5.84 Å². The zero-order valence-electron chi connectivity index (χ0n) is 10.8. The summed E-state index contributed by atoms with van der Waals surface area (Å²) in [5.41, 5.74) is 2.04. The standard InChI is InChI=1S/C14H14N4O2/c15-17-8-16-14(20)11-7-9-3-1-4-10-12(19)5-2-6-18(11)13(9)10/h1,3-4,7-8H,2,5-6,15H2,(H,16,17,20). The lowest BCUT2D eigenvalue weighted by molar-refractivity contribution is 0.0968. The van der Waals surface area contributed by atoms with E-state index in [1.165, 1.54) is 0 Å². The number of hydrazone groups is 1. The average molecular weight is 270 g/mol. The maximum absolute atomic E-state index is 12.1. The summed E-state index contributed by atoms with van der Waals surface area (Å²) < 4.78 is 1.90. The van der Waals surface area contributed by atoms with Gasteiger partial charge in [0.05, 0.1) is 5.52 Å². The Labute approximate surface area is 115 Å². The van der Waals surface area contributed by atoms with Gasteiger partial charge in [0.15, 0.2) is 5.78 Å². The van der Waals surface area contributed by atoms with E-state index in [0.717, 1.165) is 23.7 Å². The van der Waals surface area contributed by atoms with Gasteiger partial charge >= 0.3 is 0 Å². The van der Waals surface area contributed by atoms with Crippen molar-refractivity contribution >= 4 is 28.9 Å². The zero-order valence-corrected chi connectivity index (χ0v) is 10.8. The molecule has 102 valence electrons. The molecule has 0 saturated carbocycles. The molecule has 3 rings (SSSR count). The van der Waals surface area contributed by atoms with Crippen LogP contribution in [0, 0.1) is 0 Å². The molecule has 6 heteroatoms. The Balaban J connectivity index is 2.20. The summed E-state index contributed by atoms with van der Waals surface area (Å²) in [7, 11) is 0. The minimum Gasteiger partial charge on any atom is -0.336 e. The quantitative estimate of drug-likeness (QED) is 0.372. The summed E-state index contributed by atoms with van der Waals surface area (Å²) in [6.07, 6.45) is 2.38. The van der Waals surface area contributed by atoms with Crippen molar-refractivity contribution in [1.29, 1.82) is 0 Å². The summed E-state index contributed by atoms with van der Waals surface area (Å²) in [5.74, 6) is 4.83. The number of Topliss-reactive ketones (excluding diaryl/α,β-unsaturated/α-hetero) is 1. The summed E-state index contributed by atoms with van der Waals surface area (Å²) in [6, 6.07) is 7.35. The molecule has 1 aliphatic heterocycles. The van der Waals surface area contributed by atoms with Crippen molar-refractivity contribution in [3.63, 3.8) is 0 Å². The largest absolute Gasteiger partial charge is 0.336 e.